The summed E-state index contributed by atoms with van der Waals surface area (Å²) in [7, 11) is 3.90. The van der Waals surface area contributed by atoms with Gasteiger partial charge in [-0.05, 0) is 50.8 Å². The van der Waals surface area contributed by atoms with Crippen LogP contribution >= 0.6 is 0 Å². The van der Waals surface area contributed by atoms with Crippen molar-refractivity contribution in [3.05, 3.63) is 52.4 Å². The van der Waals surface area contributed by atoms with Gasteiger partial charge in [-0.2, -0.15) is 0 Å². The molecule has 7 nitrogen and oxygen atoms in total. The summed E-state index contributed by atoms with van der Waals surface area (Å²) in [6.07, 6.45) is 0.518. The SMILES string of the molecule is CCOC(=O)C1=C(C)NC2=C(C(=O)[C@H](C(=O)OCC)[C@H](C)C2)[C@H]1c1ccc(N(C)C)cc1. The molecule has 1 aromatic rings. The number of esters is 2. The average Bonchev–Trinajstić information content (AvgIpc) is 2.73. The largest absolute Gasteiger partial charge is 0.465 e. The van der Waals surface area contributed by atoms with Crippen LogP contribution < -0.4 is 10.2 Å². The number of ketones is 1. The minimum Gasteiger partial charge on any atom is -0.465 e. The number of benzene rings is 1. The van der Waals surface area contributed by atoms with Gasteiger partial charge >= 0.3 is 11.9 Å². The zero-order valence-corrected chi connectivity index (χ0v) is 19.7. The summed E-state index contributed by atoms with van der Waals surface area (Å²) < 4.78 is 10.6. The van der Waals surface area contributed by atoms with E-state index in [9.17, 15) is 14.4 Å². The summed E-state index contributed by atoms with van der Waals surface area (Å²) in [6.45, 7) is 7.62. The van der Waals surface area contributed by atoms with Gasteiger partial charge in [0.2, 0.25) is 0 Å². The number of ether oxygens (including phenoxy) is 2. The molecule has 0 unspecified atom stereocenters. The predicted molar refractivity (Wildman–Crippen MR) is 122 cm³/mol. The Balaban J connectivity index is 2.15. The number of dihydropyridines is 1. The van der Waals surface area contributed by atoms with Gasteiger partial charge < -0.3 is 19.7 Å². The summed E-state index contributed by atoms with van der Waals surface area (Å²) in [5.41, 5.74) is 4.08. The van der Waals surface area contributed by atoms with Gasteiger partial charge in [0.25, 0.3) is 0 Å². The van der Waals surface area contributed by atoms with Crippen LogP contribution in [0.5, 0.6) is 0 Å². The predicted octanol–water partition coefficient (Wildman–Crippen LogP) is 3.32. The van der Waals surface area contributed by atoms with Crippen molar-refractivity contribution in [1.82, 2.24) is 5.32 Å². The topological polar surface area (TPSA) is 84.9 Å². The van der Waals surface area contributed by atoms with E-state index in [0.29, 0.717) is 23.3 Å². The van der Waals surface area contributed by atoms with Crippen LogP contribution in [0.3, 0.4) is 0 Å². The Bertz CT molecular complexity index is 975. The quantitative estimate of drug-likeness (QED) is 0.537. The molecule has 32 heavy (non-hydrogen) atoms. The fraction of sp³-hybridized carbons (Fsp3) is 0.480. The van der Waals surface area contributed by atoms with Crippen LogP contribution in [0.4, 0.5) is 5.69 Å². The fourth-order valence-electron chi connectivity index (χ4n) is 4.56. The summed E-state index contributed by atoms with van der Waals surface area (Å²) in [6, 6.07) is 7.75. The Morgan fingerprint density at radius 2 is 1.72 bits per heavy atom. The van der Waals surface area contributed by atoms with Gasteiger partial charge in [0, 0.05) is 42.7 Å². The van der Waals surface area contributed by atoms with Crippen LogP contribution in [0.25, 0.3) is 0 Å². The first kappa shape index (κ1) is 23.6. The molecular formula is C25H32N2O5. The highest BCUT2D eigenvalue weighted by Gasteiger charge is 2.47. The van der Waals surface area contributed by atoms with E-state index in [1.165, 1.54) is 0 Å². The molecule has 1 heterocycles. The van der Waals surface area contributed by atoms with Gasteiger partial charge in [-0.1, -0.05) is 19.1 Å². The molecular weight excluding hydrogens is 408 g/mol. The minimum absolute atomic E-state index is 0.207. The highest BCUT2D eigenvalue weighted by atomic mass is 16.5. The smallest absolute Gasteiger partial charge is 0.336 e. The molecule has 0 aromatic heterocycles. The standard InChI is InChI=1S/C25H32N2O5/c1-7-31-24(29)19-14(3)13-18-22(23(19)28)21(16-9-11-17(12-10-16)27(5)6)20(15(4)26-18)25(30)32-8-2/h9-12,14,19,21,26H,7-8,13H2,1-6H3/t14-,19-,21+/m1/s1. The summed E-state index contributed by atoms with van der Waals surface area (Å²) in [5.74, 6) is -2.98. The number of anilines is 1. The third kappa shape index (κ3) is 4.29. The van der Waals surface area contributed by atoms with Crippen LogP contribution in [0.2, 0.25) is 0 Å². The maximum atomic E-state index is 13.7. The maximum Gasteiger partial charge on any atom is 0.336 e. The van der Waals surface area contributed by atoms with Crippen molar-refractivity contribution in [1.29, 1.82) is 0 Å². The van der Waals surface area contributed by atoms with Gasteiger partial charge in [0.15, 0.2) is 5.78 Å². The van der Waals surface area contributed by atoms with Crippen molar-refractivity contribution >= 4 is 23.4 Å². The Morgan fingerprint density at radius 3 is 2.28 bits per heavy atom. The van der Waals surface area contributed by atoms with E-state index in [1.807, 2.05) is 57.1 Å². The zero-order chi connectivity index (χ0) is 23.6. The van der Waals surface area contributed by atoms with E-state index in [2.05, 4.69) is 5.32 Å². The lowest BCUT2D eigenvalue weighted by molar-refractivity contribution is -0.153. The number of rotatable bonds is 6. The van der Waals surface area contributed by atoms with Crippen molar-refractivity contribution in [2.75, 3.05) is 32.2 Å². The zero-order valence-electron chi connectivity index (χ0n) is 19.7. The number of hydrogen-bond donors (Lipinski definition) is 1. The van der Waals surface area contributed by atoms with Gasteiger partial charge in [-0.15, -0.1) is 0 Å². The van der Waals surface area contributed by atoms with Crippen molar-refractivity contribution < 1.29 is 23.9 Å². The molecule has 1 aliphatic carbocycles. The van der Waals surface area contributed by atoms with Gasteiger partial charge in [-0.3, -0.25) is 9.59 Å². The molecule has 0 fully saturated rings. The van der Waals surface area contributed by atoms with E-state index < -0.39 is 23.8 Å². The molecule has 0 saturated heterocycles. The van der Waals surface area contributed by atoms with Crippen LogP contribution in [0.1, 0.15) is 45.6 Å². The molecule has 3 rings (SSSR count). The fourth-order valence-corrected chi connectivity index (χ4v) is 4.56. The van der Waals surface area contributed by atoms with E-state index in [0.717, 1.165) is 16.9 Å². The number of nitrogens with zero attached hydrogens (tertiary/aromatic N) is 1. The molecule has 2 aliphatic rings. The molecule has 172 valence electrons. The first-order valence-electron chi connectivity index (χ1n) is 11.1. The second kappa shape index (κ2) is 9.59. The van der Waals surface area contributed by atoms with E-state index >= 15 is 0 Å². The summed E-state index contributed by atoms with van der Waals surface area (Å²) >= 11 is 0. The number of allylic oxidation sites excluding steroid dienone is 3. The molecule has 7 heteroatoms. The van der Waals surface area contributed by atoms with Crippen LogP contribution in [-0.2, 0) is 23.9 Å². The van der Waals surface area contributed by atoms with Gasteiger partial charge in [0.1, 0.15) is 5.92 Å². The van der Waals surface area contributed by atoms with Crippen molar-refractivity contribution in [3.63, 3.8) is 0 Å². The lowest BCUT2D eigenvalue weighted by Crippen LogP contribution is -2.43. The third-order valence-corrected chi connectivity index (χ3v) is 6.07. The van der Waals surface area contributed by atoms with Gasteiger partial charge in [0.05, 0.1) is 18.8 Å². The molecule has 0 radical (unpaired) electrons. The Morgan fingerprint density at radius 1 is 1.09 bits per heavy atom. The second-order valence-electron chi connectivity index (χ2n) is 8.47. The van der Waals surface area contributed by atoms with Crippen molar-refractivity contribution in [2.24, 2.45) is 11.8 Å². The molecule has 0 saturated carbocycles. The molecule has 1 aliphatic heterocycles. The monoisotopic (exact) mass is 440 g/mol. The Kier molecular flexibility index (Phi) is 7.06. The number of hydrogen-bond acceptors (Lipinski definition) is 7. The van der Waals surface area contributed by atoms with E-state index in [-0.39, 0.29) is 24.9 Å². The van der Waals surface area contributed by atoms with Crippen LogP contribution in [0, 0.1) is 11.8 Å². The van der Waals surface area contributed by atoms with E-state index in [1.54, 1.807) is 13.8 Å². The summed E-state index contributed by atoms with van der Waals surface area (Å²) in [5, 5.41) is 3.27. The number of carbonyl (C=O) groups excluding carboxylic acids is 3. The van der Waals surface area contributed by atoms with E-state index in [4.69, 9.17) is 9.47 Å². The average molecular weight is 441 g/mol. The highest BCUT2D eigenvalue weighted by molar-refractivity contribution is 6.12. The molecule has 0 spiro atoms. The lowest BCUT2D eigenvalue weighted by atomic mass is 9.69. The van der Waals surface area contributed by atoms with Gasteiger partial charge in [-0.25, -0.2) is 4.79 Å². The van der Waals surface area contributed by atoms with Crippen molar-refractivity contribution in [3.8, 4) is 0 Å². The van der Waals surface area contributed by atoms with Crippen LogP contribution in [0.15, 0.2) is 46.8 Å². The first-order chi connectivity index (χ1) is 15.2. The normalized spacial score (nSPS) is 22.8. The first-order valence-corrected chi connectivity index (χ1v) is 11.1. The number of carbonyl (C=O) groups is 3. The lowest BCUT2D eigenvalue weighted by Gasteiger charge is -2.38. The molecule has 1 aromatic carbocycles. The Hall–Kier alpha value is -3.09. The highest BCUT2D eigenvalue weighted by Crippen LogP contribution is 2.45. The number of Topliss-reactive ketones (excluding diaryl/α,β-unsaturated/α-hetero) is 1. The van der Waals surface area contributed by atoms with Crippen molar-refractivity contribution in [2.45, 2.75) is 40.0 Å². The molecule has 0 amide bonds. The second-order valence-corrected chi connectivity index (χ2v) is 8.47. The molecule has 3 atom stereocenters. The molecule has 0 bridgehead atoms. The summed E-state index contributed by atoms with van der Waals surface area (Å²) in [4.78, 5) is 41.3. The minimum atomic E-state index is -0.888. The molecule has 1 N–H and O–H groups in total. The number of nitrogens with one attached hydrogen (secondary N) is 1. The maximum absolute atomic E-state index is 13.7. The van der Waals surface area contributed by atoms with Crippen LogP contribution in [-0.4, -0.2) is 45.0 Å². The third-order valence-electron chi connectivity index (χ3n) is 6.07. The Labute approximate surface area is 189 Å².